The average molecular weight is 507 g/mol. The van der Waals surface area contributed by atoms with Gasteiger partial charge < -0.3 is 14.4 Å². The van der Waals surface area contributed by atoms with Gasteiger partial charge in [0.1, 0.15) is 0 Å². The van der Waals surface area contributed by atoms with Crippen LogP contribution in [0.2, 0.25) is 5.02 Å². The van der Waals surface area contributed by atoms with Crippen molar-refractivity contribution < 1.29 is 27.5 Å². The fraction of sp³-hybridized carbons (Fsp3) is 0.333. The van der Waals surface area contributed by atoms with E-state index in [2.05, 4.69) is 6.58 Å². The Labute approximate surface area is 204 Å². The maximum atomic E-state index is 13.3. The Balaban J connectivity index is 1.74. The van der Waals surface area contributed by atoms with Crippen LogP contribution >= 0.6 is 11.6 Å². The van der Waals surface area contributed by atoms with Gasteiger partial charge in [0, 0.05) is 18.1 Å². The van der Waals surface area contributed by atoms with Crippen molar-refractivity contribution in [3.8, 4) is 0 Å². The molecule has 1 heterocycles. The summed E-state index contributed by atoms with van der Waals surface area (Å²) in [5.41, 5.74) is 0.420. The van der Waals surface area contributed by atoms with Crippen LogP contribution < -0.4 is 4.31 Å². The molecule has 0 radical (unpaired) electrons. The Bertz CT molecular complexity index is 1140. The summed E-state index contributed by atoms with van der Waals surface area (Å²) in [6.45, 7) is 7.78. The first-order valence-electron chi connectivity index (χ1n) is 10.7. The van der Waals surface area contributed by atoms with Crippen molar-refractivity contribution >= 4 is 39.2 Å². The number of amides is 1. The predicted molar refractivity (Wildman–Crippen MR) is 129 cm³/mol. The summed E-state index contributed by atoms with van der Waals surface area (Å²) in [5.74, 6) is -1.12. The van der Waals surface area contributed by atoms with Gasteiger partial charge in [0.2, 0.25) is 0 Å². The molecule has 0 spiro atoms. The van der Waals surface area contributed by atoms with Crippen LogP contribution in [0.3, 0.4) is 0 Å². The molecule has 1 aliphatic rings. The van der Waals surface area contributed by atoms with Crippen molar-refractivity contribution in [3.63, 3.8) is 0 Å². The zero-order valence-electron chi connectivity index (χ0n) is 19.0. The molecule has 0 aliphatic carbocycles. The van der Waals surface area contributed by atoms with Gasteiger partial charge >= 0.3 is 5.97 Å². The maximum Gasteiger partial charge on any atom is 0.338 e. The number of esters is 1. The maximum absolute atomic E-state index is 13.3. The van der Waals surface area contributed by atoms with Gasteiger partial charge in [0.05, 0.1) is 34.9 Å². The number of morpholine rings is 1. The van der Waals surface area contributed by atoms with Gasteiger partial charge in [0.25, 0.3) is 15.9 Å². The van der Waals surface area contributed by atoms with E-state index in [0.29, 0.717) is 23.8 Å². The van der Waals surface area contributed by atoms with Crippen molar-refractivity contribution in [1.82, 2.24) is 4.90 Å². The number of carbonyl (C=O) groups is 2. The van der Waals surface area contributed by atoms with Gasteiger partial charge in [-0.2, -0.15) is 0 Å². The molecule has 3 rings (SSSR count). The largest absolute Gasteiger partial charge is 0.452 e. The van der Waals surface area contributed by atoms with Crippen molar-refractivity contribution in [2.24, 2.45) is 0 Å². The molecule has 1 saturated heterocycles. The molecular weight excluding hydrogens is 480 g/mol. The molecule has 182 valence electrons. The van der Waals surface area contributed by atoms with E-state index >= 15 is 0 Å². The topological polar surface area (TPSA) is 93.2 Å². The summed E-state index contributed by atoms with van der Waals surface area (Å²) >= 11 is 5.92. The number of ether oxygens (including phenoxy) is 2. The smallest absolute Gasteiger partial charge is 0.338 e. The van der Waals surface area contributed by atoms with Crippen molar-refractivity contribution in [1.29, 1.82) is 0 Å². The van der Waals surface area contributed by atoms with Gasteiger partial charge in [0.15, 0.2) is 6.61 Å². The van der Waals surface area contributed by atoms with Crippen molar-refractivity contribution in [3.05, 3.63) is 71.8 Å². The number of sulfonamides is 1. The van der Waals surface area contributed by atoms with Crippen molar-refractivity contribution in [2.75, 3.05) is 30.5 Å². The summed E-state index contributed by atoms with van der Waals surface area (Å²) in [5, 5.41) is 0.472. The third-order valence-corrected chi connectivity index (χ3v) is 7.21. The van der Waals surface area contributed by atoms with Gasteiger partial charge in [-0.05, 0) is 56.3 Å². The number of halogens is 1. The highest BCUT2D eigenvalue weighted by Gasteiger charge is 2.28. The monoisotopic (exact) mass is 506 g/mol. The Morgan fingerprint density at radius 3 is 2.44 bits per heavy atom. The SMILES string of the molecule is C=CCN(c1ccc(Cl)cc1)S(=O)(=O)c1cccc(C(=O)OCC(=O)N2C[C@H](C)O[C@@H](C)C2)c1. The third kappa shape index (κ3) is 6.16. The fourth-order valence-electron chi connectivity index (χ4n) is 3.66. The van der Waals surface area contributed by atoms with Crippen LogP contribution in [0.15, 0.2) is 66.1 Å². The molecule has 34 heavy (non-hydrogen) atoms. The molecule has 1 aliphatic heterocycles. The lowest BCUT2D eigenvalue weighted by Gasteiger charge is -2.35. The Morgan fingerprint density at radius 1 is 1.18 bits per heavy atom. The molecule has 0 saturated carbocycles. The minimum atomic E-state index is -4.02. The van der Waals surface area contributed by atoms with E-state index in [4.69, 9.17) is 21.1 Å². The zero-order valence-corrected chi connectivity index (χ0v) is 20.6. The number of hydrogen-bond acceptors (Lipinski definition) is 6. The number of anilines is 1. The van der Waals surface area contributed by atoms with E-state index < -0.39 is 22.6 Å². The second-order valence-corrected chi connectivity index (χ2v) is 10.3. The molecule has 2 aromatic carbocycles. The highest BCUT2D eigenvalue weighted by molar-refractivity contribution is 7.92. The predicted octanol–water partition coefficient (Wildman–Crippen LogP) is 3.51. The highest BCUT2D eigenvalue weighted by atomic mass is 35.5. The van der Waals surface area contributed by atoms with Crippen LogP contribution in [-0.4, -0.2) is 63.6 Å². The molecule has 0 bridgehead atoms. The van der Waals surface area contributed by atoms with Crippen LogP contribution in [0.25, 0.3) is 0 Å². The van der Waals surface area contributed by atoms with E-state index in [0.717, 1.165) is 4.31 Å². The van der Waals surface area contributed by atoms with Gasteiger partial charge in [-0.15, -0.1) is 6.58 Å². The Hall–Kier alpha value is -2.88. The minimum absolute atomic E-state index is 0.0174. The zero-order chi connectivity index (χ0) is 24.9. The number of benzene rings is 2. The highest BCUT2D eigenvalue weighted by Crippen LogP contribution is 2.26. The summed E-state index contributed by atoms with van der Waals surface area (Å²) in [6, 6.07) is 11.8. The summed E-state index contributed by atoms with van der Waals surface area (Å²) < 4.78 is 38.6. The molecule has 0 N–H and O–H groups in total. The molecule has 0 aromatic heterocycles. The molecule has 8 nitrogen and oxygen atoms in total. The molecule has 2 aromatic rings. The first kappa shape index (κ1) is 25.7. The second-order valence-electron chi connectivity index (χ2n) is 7.96. The lowest BCUT2D eigenvalue weighted by atomic mass is 10.2. The number of carbonyl (C=O) groups excluding carboxylic acids is 2. The van der Waals surface area contributed by atoms with E-state index in [1.165, 1.54) is 30.3 Å². The molecule has 1 amide bonds. The van der Waals surface area contributed by atoms with Gasteiger partial charge in [-0.1, -0.05) is 23.7 Å². The third-order valence-electron chi connectivity index (χ3n) is 5.17. The molecule has 1 fully saturated rings. The second kappa shape index (κ2) is 11.0. The van der Waals surface area contributed by atoms with E-state index in [1.54, 1.807) is 29.2 Å². The Kier molecular flexibility index (Phi) is 8.35. The first-order chi connectivity index (χ1) is 16.1. The van der Waals surface area contributed by atoms with Gasteiger partial charge in [-0.25, -0.2) is 13.2 Å². The molecule has 10 heteroatoms. The summed E-state index contributed by atoms with van der Waals surface area (Å²) in [4.78, 5) is 26.5. The average Bonchev–Trinajstić information content (AvgIpc) is 2.81. The molecular formula is C24H27ClN2O6S. The van der Waals surface area contributed by atoms with E-state index in [-0.39, 0.29) is 35.1 Å². The standard InChI is InChI=1S/C24H27ClN2O6S/c1-4-12-27(21-10-8-20(25)9-11-21)34(30,31)22-7-5-6-19(13-22)24(29)32-16-23(28)26-14-17(2)33-18(3)15-26/h4-11,13,17-18H,1,12,14-16H2,2-3H3/t17-,18-/m0/s1. The molecule has 2 atom stereocenters. The van der Waals surface area contributed by atoms with Crippen LogP contribution in [0.5, 0.6) is 0 Å². The molecule has 0 unspecified atom stereocenters. The number of rotatable bonds is 8. The van der Waals surface area contributed by atoms with Crippen LogP contribution in [0, 0.1) is 0 Å². The lowest BCUT2D eigenvalue weighted by molar-refractivity contribution is -0.146. The van der Waals surface area contributed by atoms with Crippen LogP contribution in [0.1, 0.15) is 24.2 Å². The van der Waals surface area contributed by atoms with E-state index in [1.807, 2.05) is 13.8 Å². The summed E-state index contributed by atoms with van der Waals surface area (Å²) in [6.07, 6.45) is 1.25. The fourth-order valence-corrected chi connectivity index (χ4v) is 5.27. The minimum Gasteiger partial charge on any atom is -0.452 e. The first-order valence-corrected chi connectivity index (χ1v) is 12.5. The summed E-state index contributed by atoms with van der Waals surface area (Å²) in [7, 11) is -4.02. The quantitative estimate of drug-likeness (QED) is 0.402. The normalized spacial score (nSPS) is 18.3. The van der Waals surface area contributed by atoms with Crippen LogP contribution in [-0.2, 0) is 24.3 Å². The lowest BCUT2D eigenvalue weighted by Crippen LogP contribution is -2.49. The van der Waals surface area contributed by atoms with Crippen LogP contribution in [0.4, 0.5) is 5.69 Å². The van der Waals surface area contributed by atoms with Crippen molar-refractivity contribution in [2.45, 2.75) is 31.0 Å². The number of hydrogen-bond donors (Lipinski definition) is 0. The van der Waals surface area contributed by atoms with E-state index in [9.17, 15) is 18.0 Å². The number of nitrogens with zero attached hydrogens (tertiary/aromatic N) is 2. The Morgan fingerprint density at radius 2 is 1.82 bits per heavy atom. The van der Waals surface area contributed by atoms with Gasteiger partial charge in [-0.3, -0.25) is 9.10 Å².